The molecule has 0 aliphatic carbocycles. The van der Waals surface area contributed by atoms with Gasteiger partial charge in [0.05, 0.1) is 16.3 Å². The highest BCUT2D eigenvalue weighted by atomic mass is 35.5. The van der Waals surface area contributed by atoms with Crippen LogP contribution < -0.4 is 5.43 Å². The normalized spacial score (nSPS) is 11.3. The van der Waals surface area contributed by atoms with Gasteiger partial charge in [-0.25, -0.2) is 5.43 Å². The molecule has 0 atom stereocenters. The Kier molecular flexibility index (Phi) is 4.96. The Morgan fingerprint density at radius 3 is 2.71 bits per heavy atom. The summed E-state index contributed by atoms with van der Waals surface area (Å²) in [6, 6.07) is 9.90. The van der Waals surface area contributed by atoms with Gasteiger partial charge in [0.25, 0.3) is 5.91 Å². The second-order valence-electron chi connectivity index (χ2n) is 4.76. The van der Waals surface area contributed by atoms with Gasteiger partial charge in [-0.05, 0) is 24.3 Å². The zero-order valence-corrected chi connectivity index (χ0v) is 15.0. The number of amides is 1. The Balaban J connectivity index is 1.86. The number of nitrogens with one attached hydrogen (secondary N) is 1. The lowest BCUT2D eigenvalue weighted by Gasteiger charge is -1.99. The van der Waals surface area contributed by atoms with Crippen molar-refractivity contribution in [3.8, 4) is 5.75 Å². The van der Waals surface area contributed by atoms with Gasteiger partial charge in [-0.1, -0.05) is 46.9 Å². The van der Waals surface area contributed by atoms with Crippen LogP contribution in [0.1, 0.15) is 15.2 Å². The smallest absolute Gasteiger partial charge is 0.283 e. The molecule has 0 bridgehead atoms. The van der Waals surface area contributed by atoms with Crippen molar-refractivity contribution in [2.75, 3.05) is 0 Å². The molecule has 4 nitrogen and oxygen atoms in total. The molecular weight excluding hydrogens is 391 g/mol. The minimum Gasteiger partial charge on any atom is -0.507 e. The van der Waals surface area contributed by atoms with Crippen molar-refractivity contribution in [2.24, 2.45) is 5.10 Å². The highest BCUT2D eigenvalue weighted by Gasteiger charge is 2.19. The zero-order chi connectivity index (χ0) is 17.3. The van der Waals surface area contributed by atoms with Crippen LogP contribution in [0.4, 0.5) is 0 Å². The molecule has 0 aliphatic rings. The number of hydrogen-bond acceptors (Lipinski definition) is 4. The predicted octanol–water partition coefficient (Wildman–Crippen LogP) is 5.33. The summed E-state index contributed by atoms with van der Waals surface area (Å²) in [6.45, 7) is 0. The van der Waals surface area contributed by atoms with Crippen molar-refractivity contribution >= 4 is 68.3 Å². The number of benzene rings is 2. The average Bonchev–Trinajstić information content (AvgIpc) is 2.86. The number of carbonyl (C=O) groups is 1. The third-order valence-electron chi connectivity index (χ3n) is 3.16. The third kappa shape index (κ3) is 3.35. The Morgan fingerprint density at radius 2 is 1.96 bits per heavy atom. The lowest BCUT2D eigenvalue weighted by atomic mass is 10.2. The van der Waals surface area contributed by atoms with Gasteiger partial charge in [-0.3, -0.25) is 4.79 Å². The number of fused-ring (bicyclic) bond motifs is 1. The first kappa shape index (κ1) is 17.0. The number of phenolic OH excluding ortho intramolecular Hbond substituents is 1. The minimum absolute atomic E-state index is 0.0665. The molecule has 0 radical (unpaired) electrons. The molecule has 0 unspecified atom stereocenters. The van der Waals surface area contributed by atoms with E-state index in [9.17, 15) is 9.90 Å². The summed E-state index contributed by atoms with van der Waals surface area (Å²) in [5.74, 6) is -0.406. The molecule has 1 heterocycles. The van der Waals surface area contributed by atoms with Gasteiger partial charge in [-0.15, -0.1) is 11.3 Å². The molecular formula is C16H9Cl3N2O2S. The molecule has 24 heavy (non-hydrogen) atoms. The molecule has 0 aliphatic heterocycles. The summed E-state index contributed by atoms with van der Waals surface area (Å²) < 4.78 is 0.715. The fourth-order valence-corrected chi connectivity index (χ4v) is 4.33. The van der Waals surface area contributed by atoms with Crippen LogP contribution in [0.5, 0.6) is 5.75 Å². The molecule has 2 N–H and O–H groups in total. The molecule has 8 heteroatoms. The van der Waals surface area contributed by atoms with Gasteiger partial charge in [0, 0.05) is 20.7 Å². The quantitative estimate of drug-likeness (QED) is 0.462. The third-order valence-corrected chi connectivity index (χ3v) is 5.30. The van der Waals surface area contributed by atoms with Gasteiger partial charge in [0.2, 0.25) is 0 Å². The predicted molar refractivity (Wildman–Crippen MR) is 100 cm³/mol. The SMILES string of the molecule is O=C(N/N=C/c1ccccc1O)c1sc2cc(Cl)cc(Cl)c2c1Cl. The number of hydrogen-bond donors (Lipinski definition) is 2. The topological polar surface area (TPSA) is 61.7 Å². The number of aromatic hydroxyl groups is 1. The minimum atomic E-state index is -0.472. The van der Waals surface area contributed by atoms with Crippen LogP contribution in [-0.4, -0.2) is 17.2 Å². The maximum absolute atomic E-state index is 12.3. The van der Waals surface area contributed by atoms with Gasteiger partial charge in [0.15, 0.2) is 0 Å². The Labute approximate surface area is 156 Å². The van der Waals surface area contributed by atoms with Crippen molar-refractivity contribution in [2.45, 2.75) is 0 Å². The van der Waals surface area contributed by atoms with Crippen molar-refractivity contribution in [1.29, 1.82) is 0 Å². The second kappa shape index (κ2) is 6.99. The van der Waals surface area contributed by atoms with Crippen LogP contribution in [0.2, 0.25) is 15.1 Å². The maximum Gasteiger partial charge on any atom is 0.283 e. The van der Waals surface area contributed by atoms with E-state index in [1.807, 2.05) is 0 Å². The average molecular weight is 400 g/mol. The molecule has 0 fully saturated rings. The van der Waals surface area contributed by atoms with Gasteiger partial charge >= 0.3 is 0 Å². The van der Waals surface area contributed by atoms with Gasteiger partial charge in [0.1, 0.15) is 10.6 Å². The first-order valence-electron chi connectivity index (χ1n) is 6.66. The van der Waals surface area contributed by atoms with Crippen LogP contribution in [0, 0.1) is 0 Å². The van der Waals surface area contributed by atoms with Crippen LogP contribution in [0.15, 0.2) is 41.5 Å². The molecule has 122 valence electrons. The number of para-hydroxylation sites is 1. The van der Waals surface area contributed by atoms with E-state index in [1.165, 1.54) is 23.6 Å². The van der Waals surface area contributed by atoms with Crippen LogP contribution in [-0.2, 0) is 0 Å². The fraction of sp³-hybridized carbons (Fsp3) is 0. The van der Waals surface area contributed by atoms with E-state index in [4.69, 9.17) is 34.8 Å². The number of hydrazone groups is 1. The van der Waals surface area contributed by atoms with Crippen molar-refractivity contribution in [1.82, 2.24) is 5.43 Å². The number of nitrogens with zero attached hydrogens (tertiary/aromatic N) is 1. The summed E-state index contributed by atoms with van der Waals surface area (Å²) in [4.78, 5) is 12.6. The molecule has 1 amide bonds. The van der Waals surface area contributed by atoms with E-state index in [0.717, 1.165) is 0 Å². The zero-order valence-electron chi connectivity index (χ0n) is 11.9. The summed E-state index contributed by atoms with van der Waals surface area (Å²) in [5.41, 5.74) is 2.86. The lowest BCUT2D eigenvalue weighted by molar-refractivity contribution is 0.0959. The van der Waals surface area contributed by atoms with Crippen molar-refractivity contribution in [3.05, 3.63) is 61.9 Å². The van der Waals surface area contributed by atoms with E-state index < -0.39 is 5.91 Å². The lowest BCUT2D eigenvalue weighted by Crippen LogP contribution is -2.16. The highest BCUT2D eigenvalue weighted by molar-refractivity contribution is 7.21. The van der Waals surface area contributed by atoms with Crippen molar-refractivity contribution < 1.29 is 9.90 Å². The monoisotopic (exact) mass is 398 g/mol. The van der Waals surface area contributed by atoms with E-state index in [1.54, 1.807) is 30.3 Å². The largest absolute Gasteiger partial charge is 0.507 e. The summed E-state index contributed by atoms with van der Waals surface area (Å²) in [7, 11) is 0. The number of rotatable bonds is 3. The van der Waals surface area contributed by atoms with E-state index in [-0.39, 0.29) is 15.6 Å². The second-order valence-corrected chi connectivity index (χ2v) is 7.04. The molecule has 0 saturated heterocycles. The fourth-order valence-electron chi connectivity index (χ4n) is 2.07. The number of thiophene rings is 1. The first-order valence-corrected chi connectivity index (χ1v) is 8.61. The van der Waals surface area contributed by atoms with Crippen LogP contribution in [0.3, 0.4) is 0 Å². The highest BCUT2D eigenvalue weighted by Crippen LogP contribution is 2.41. The number of phenols is 1. The number of halogens is 3. The Hall–Kier alpha value is -1.79. The Morgan fingerprint density at radius 1 is 1.21 bits per heavy atom. The number of carbonyl (C=O) groups excluding carboxylic acids is 1. The van der Waals surface area contributed by atoms with Gasteiger partial charge in [-0.2, -0.15) is 5.10 Å². The van der Waals surface area contributed by atoms with Crippen molar-refractivity contribution in [3.63, 3.8) is 0 Å². The molecule has 1 aromatic heterocycles. The Bertz CT molecular complexity index is 969. The summed E-state index contributed by atoms with van der Waals surface area (Å²) in [5, 5.41) is 15.2. The maximum atomic E-state index is 12.3. The van der Waals surface area contributed by atoms with E-state index in [0.29, 0.717) is 25.7 Å². The summed E-state index contributed by atoms with van der Waals surface area (Å²) >= 11 is 19.5. The molecule has 3 rings (SSSR count). The molecule has 3 aromatic rings. The van der Waals surface area contributed by atoms with Crippen LogP contribution in [0.25, 0.3) is 10.1 Å². The molecule has 2 aromatic carbocycles. The van der Waals surface area contributed by atoms with E-state index >= 15 is 0 Å². The molecule has 0 saturated carbocycles. The first-order chi connectivity index (χ1) is 11.5. The molecule has 0 spiro atoms. The van der Waals surface area contributed by atoms with E-state index in [2.05, 4.69) is 10.5 Å². The standard InChI is InChI=1S/C16H9Cl3N2O2S/c17-9-5-10(18)13-12(6-9)24-15(14(13)19)16(23)21-20-7-8-3-1-2-4-11(8)22/h1-7,22H,(H,21,23)/b20-7+. The van der Waals surface area contributed by atoms with Crippen LogP contribution >= 0.6 is 46.1 Å². The van der Waals surface area contributed by atoms with Gasteiger partial charge < -0.3 is 5.11 Å². The summed E-state index contributed by atoms with van der Waals surface area (Å²) in [6.07, 6.45) is 1.35.